The van der Waals surface area contributed by atoms with Crippen molar-refractivity contribution in [3.8, 4) is 0 Å². The number of para-hydroxylation sites is 1. The summed E-state index contributed by atoms with van der Waals surface area (Å²) >= 11 is 5.95. The summed E-state index contributed by atoms with van der Waals surface area (Å²) in [6.45, 7) is -0.225. The molecule has 0 saturated heterocycles. The highest BCUT2D eigenvalue weighted by molar-refractivity contribution is 6.30. The Bertz CT molecular complexity index is 1050. The number of fused-ring (bicyclic) bond motifs is 1. The second kappa shape index (κ2) is 7.11. The Morgan fingerprint density at radius 1 is 1.00 bits per heavy atom. The number of nitrogens with one attached hydrogen (secondary N) is 1. The number of hydrogen-bond donors (Lipinski definition) is 2. The summed E-state index contributed by atoms with van der Waals surface area (Å²) in [5.74, 6) is -0.941. The van der Waals surface area contributed by atoms with Gasteiger partial charge in [0.2, 0.25) is 5.91 Å². The van der Waals surface area contributed by atoms with Gasteiger partial charge in [0.1, 0.15) is 6.54 Å². The van der Waals surface area contributed by atoms with E-state index in [1.165, 1.54) is 4.90 Å². The maximum Gasteiger partial charge on any atom is 0.268 e. The van der Waals surface area contributed by atoms with Crippen molar-refractivity contribution < 1.29 is 14.7 Å². The Hall–Kier alpha value is -3.15. The lowest BCUT2D eigenvalue weighted by atomic mass is 9.88. The number of hydrogen-bond acceptors (Lipinski definition) is 3. The summed E-state index contributed by atoms with van der Waals surface area (Å²) in [6, 6.07) is 22.5. The highest BCUT2D eigenvalue weighted by Crippen LogP contribution is 2.44. The molecule has 28 heavy (non-hydrogen) atoms. The molecule has 140 valence electrons. The number of rotatable bonds is 4. The van der Waals surface area contributed by atoms with Crippen LogP contribution >= 0.6 is 11.6 Å². The molecule has 1 atom stereocenters. The van der Waals surface area contributed by atoms with Crippen LogP contribution in [0.25, 0.3) is 0 Å². The van der Waals surface area contributed by atoms with E-state index in [2.05, 4.69) is 5.32 Å². The van der Waals surface area contributed by atoms with Crippen molar-refractivity contribution in [1.82, 2.24) is 0 Å². The van der Waals surface area contributed by atoms with Crippen molar-refractivity contribution in [2.75, 3.05) is 16.8 Å². The largest absolute Gasteiger partial charge is 0.372 e. The quantitative estimate of drug-likeness (QED) is 0.713. The lowest BCUT2D eigenvalue weighted by Crippen LogP contribution is -2.44. The fraction of sp³-hybridized carbons (Fsp3) is 0.0909. The number of halogens is 1. The van der Waals surface area contributed by atoms with Gasteiger partial charge in [0.15, 0.2) is 5.60 Å². The van der Waals surface area contributed by atoms with Gasteiger partial charge in [0.25, 0.3) is 5.91 Å². The van der Waals surface area contributed by atoms with Gasteiger partial charge in [-0.3, -0.25) is 14.5 Å². The fourth-order valence-corrected chi connectivity index (χ4v) is 3.65. The molecule has 0 radical (unpaired) electrons. The fourth-order valence-electron chi connectivity index (χ4n) is 3.46. The molecule has 0 unspecified atom stereocenters. The molecule has 0 spiro atoms. The van der Waals surface area contributed by atoms with Gasteiger partial charge in [-0.2, -0.15) is 0 Å². The number of carbonyl (C=O) groups excluding carboxylic acids is 2. The van der Waals surface area contributed by atoms with E-state index in [-0.39, 0.29) is 12.5 Å². The van der Waals surface area contributed by atoms with Gasteiger partial charge in [-0.05, 0) is 29.8 Å². The van der Waals surface area contributed by atoms with Crippen LogP contribution in [-0.2, 0) is 15.2 Å². The highest BCUT2D eigenvalue weighted by atomic mass is 35.5. The SMILES string of the molecule is O=C(CN1C(=O)[C@](O)(c2ccccc2)c2ccccc21)Nc1cccc(Cl)c1. The average Bonchev–Trinajstić information content (AvgIpc) is 2.92. The van der Waals surface area contributed by atoms with Gasteiger partial charge in [-0.1, -0.05) is 66.2 Å². The van der Waals surface area contributed by atoms with Crippen LogP contribution in [0.3, 0.4) is 0 Å². The molecule has 4 rings (SSSR count). The molecule has 3 aromatic carbocycles. The molecule has 5 nitrogen and oxygen atoms in total. The van der Waals surface area contributed by atoms with Crippen LogP contribution in [0.1, 0.15) is 11.1 Å². The lowest BCUT2D eigenvalue weighted by Gasteiger charge is -2.23. The van der Waals surface area contributed by atoms with E-state index >= 15 is 0 Å². The molecular formula is C22H17ClN2O3. The zero-order chi connectivity index (χ0) is 19.7. The summed E-state index contributed by atoms with van der Waals surface area (Å²) < 4.78 is 0. The number of carbonyl (C=O) groups is 2. The van der Waals surface area contributed by atoms with E-state index in [0.29, 0.717) is 27.5 Å². The number of aliphatic hydroxyl groups is 1. The van der Waals surface area contributed by atoms with E-state index in [4.69, 9.17) is 11.6 Å². The summed E-state index contributed by atoms with van der Waals surface area (Å²) in [7, 11) is 0. The molecule has 3 aromatic rings. The Morgan fingerprint density at radius 3 is 2.46 bits per heavy atom. The third kappa shape index (κ3) is 3.05. The van der Waals surface area contributed by atoms with Crippen LogP contribution in [0.4, 0.5) is 11.4 Å². The van der Waals surface area contributed by atoms with E-state index in [1.807, 2.05) is 6.07 Å². The van der Waals surface area contributed by atoms with Crippen molar-refractivity contribution in [3.63, 3.8) is 0 Å². The number of nitrogens with zero attached hydrogens (tertiary/aromatic N) is 1. The monoisotopic (exact) mass is 392 g/mol. The van der Waals surface area contributed by atoms with Crippen molar-refractivity contribution >= 4 is 34.8 Å². The molecule has 0 fully saturated rings. The molecule has 2 amide bonds. The van der Waals surface area contributed by atoms with Gasteiger partial charge in [-0.25, -0.2) is 0 Å². The van der Waals surface area contributed by atoms with Gasteiger partial charge >= 0.3 is 0 Å². The molecule has 6 heteroatoms. The molecule has 0 bridgehead atoms. The Balaban J connectivity index is 1.65. The molecule has 0 aliphatic carbocycles. The first-order chi connectivity index (χ1) is 13.5. The second-order valence-electron chi connectivity index (χ2n) is 6.54. The van der Waals surface area contributed by atoms with Crippen molar-refractivity contribution in [2.24, 2.45) is 0 Å². The van der Waals surface area contributed by atoms with Gasteiger partial charge in [0.05, 0.1) is 5.69 Å². The lowest BCUT2D eigenvalue weighted by molar-refractivity contribution is -0.133. The zero-order valence-corrected chi connectivity index (χ0v) is 15.6. The number of benzene rings is 3. The van der Waals surface area contributed by atoms with Crippen LogP contribution in [0.15, 0.2) is 78.9 Å². The molecule has 0 aromatic heterocycles. The van der Waals surface area contributed by atoms with E-state index in [0.717, 1.165) is 0 Å². The van der Waals surface area contributed by atoms with Crippen molar-refractivity contribution in [2.45, 2.75) is 5.60 Å². The molecular weight excluding hydrogens is 376 g/mol. The molecule has 1 aliphatic rings. The van der Waals surface area contributed by atoms with E-state index in [1.54, 1.807) is 72.8 Å². The Kier molecular flexibility index (Phi) is 4.63. The predicted molar refractivity (Wildman–Crippen MR) is 108 cm³/mol. The summed E-state index contributed by atoms with van der Waals surface area (Å²) in [5, 5.41) is 14.6. The average molecular weight is 393 g/mol. The highest BCUT2D eigenvalue weighted by Gasteiger charge is 2.51. The van der Waals surface area contributed by atoms with E-state index < -0.39 is 11.5 Å². The molecule has 1 aliphatic heterocycles. The van der Waals surface area contributed by atoms with Crippen LogP contribution in [-0.4, -0.2) is 23.5 Å². The van der Waals surface area contributed by atoms with Crippen molar-refractivity contribution in [1.29, 1.82) is 0 Å². The minimum absolute atomic E-state index is 0.225. The third-order valence-electron chi connectivity index (χ3n) is 4.74. The first kappa shape index (κ1) is 18.2. The van der Waals surface area contributed by atoms with Gasteiger partial charge < -0.3 is 10.4 Å². The third-order valence-corrected chi connectivity index (χ3v) is 4.98. The summed E-state index contributed by atoms with van der Waals surface area (Å²) in [5.41, 5.74) is 0.150. The zero-order valence-electron chi connectivity index (χ0n) is 14.8. The smallest absolute Gasteiger partial charge is 0.268 e. The first-order valence-corrected chi connectivity index (χ1v) is 9.13. The summed E-state index contributed by atoms with van der Waals surface area (Å²) in [4.78, 5) is 27.1. The van der Waals surface area contributed by atoms with E-state index in [9.17, 15) is 14.7 Å². The first-order valence-electron chi connectivity index (χ1n) is 8.75. The minimum Gasteiger partial charge on any atom is -0.372 e. The maximum atomic E-state index is 13.2. The molecule has 0 saturated carbocycles. The van der Waals surface area contributed by atoms with Crippen LogP contribution in [0.5, 0.6) is 0 Å². The topological polar surface area (TPSA) is 69.6 Å². The molecule has 2 N–H and O–H groups in total. The normalized spacial score (nSPS) is 18.1. The van der Waals surface area contributed by atoms with Crippen molar-refractivity contribution in [3.05, 3.63) is 95.0 Å². The van der Waals surface area contributed by atoms with Gasteiger partial charge in [0, 0.05) is 16.3 Å². The minimum atomic E-state index is -1.83. The molecule has 1 heterocycles. The van der Waals surface area contributed by atoms with Gasteiger partial charge in [-0.15, -0.1) is 0 Å². The van der Waals surface area contributed by atoms with Crippen LogP contribution in [0, 0.1) is 0 Å². The second-order valence-corrected chi connectivity index (χ2v) is 6.98. The van der Waals surface area contributed by atoms with Crippen LogP contribution < -0.4 is 10.2 Å². The number of amides is 2. The standard InChI is InChI=1S/C22H17ClN2O3/c23-16-9-6-10-17(13-16)24-20(26)14-25-19-12-5-4-11-18(19)22(28,21(25)27)15-7-2-1-3-8-15/h1-13,28H,14H2,(H,24,26)/t22-/m0/s1. The Morgan fingerprint density at radius 2 is 1.71 bits per heavy atom. The van der Waals surface area contributed by atoms with Crippen LogP contribution in [0.2, 0.25) is 5.02 Å². The number of anilines is 2. The predicted octanol–water partition coefficient (Wildman–Crippen LogP) is 3.56. The maximum absolute atomic E-state index is 13.2. The Labute approximate surface area is 167 Å². The summed E-state index contributed by atoms with van der Waals surface area (Å²) in [6.07, 6.45) is 0.